The van der Waals surface area contributed by atoms with Crippen LogP contribution in [0.25, 0.3) is 0 Å². The molecule has 2 rings (SSSR count). The van der Waals surface area contributed by atoms with E-state index in [1.165, 1.54) is 0 Å². The lowest BCUT2D eigenvalue weighted by Gasteiger charge is -2.47. The minimum absolute atomic E-state index is 0.0480. The predicted molar refractivity (Wildman–Crippen MR) is 288 cm³/mol. The van der Waals surface area contributed by atoms with Crippen LogP contribution in [0.4, 0.5) is 19.2 Å². The van der Waals surface area contributed by atoms with Crippen molar-refractivity contribution < 1.29 is 95.3 Å². The molecule has 0 aromatic heterocycles. The van der Waals surface area contributed by atoms with Gasteiger partial charge in [0.25, 0.3) is 0 Å². The van der Waals surface area contributed by atoms with Gasteiger partial charge in [0.1, 0.15) is 63.7 Å². The fourth-order valence-corrected chi connectivity index (χ4v) is 10.2. The van der Waals surface area contributed by atoms with Crippen molar-refractivity contribution in [1.29, 1.82) is 0 Å². The van der Waals surface area contributed by atoms with Crippen LogP contribution in [0.15, 0.2) is 75.9 Å². The number of carbonyl (C=O) groups is 10. The van der Waals surface area contributed by atoms with Crippen molar-refractivity contribution in [2.24, 2.45) is 33.5 Å². The largest absolute Gasteiger partial charge is 0.462 e. The van der Waals surface area contributed by atoms with E-state index in [4.69, 9.17) is 47.4 Å². The standard InChI is InChI=1S/C56H82N4O20/c1-13-41(61)73-31-55(32-74-42(62)14-2,33-75-43(63)15-3)37-79-49(69)59-53(11)25-39(23-51(7,8)29-53)27-57-47(67)71-21-19-20-22-72-48(68)58-28-40-24-52(9,10)30-54(12,26-40)60-50(70)80-38-56(34-76-44(64)16-4,35-77-45(65)17-5)36-78-46(66)18-6/h13-18,39-40H,1-6,19-38H2,7-12H3,(H,57,67)(H,58,68)(H,59,69)(H,60,70). The Morgan fingerprint density at radius 3 is 0.887 bits per heavy atom. The first-order valence-electron chi connectivity index (χ1n) is 26.0. The summed E-state index contributed by atoms with van der Waals surface area (Å²) >= 11 is 0. The third-order valence-electron chi connectivity index (χ3n) is 12.9. The number of hydrogen-bond acceptors (Lipinski definition) is 20. The van der Waals surface area contributed by atoms with E-state index >= 15 is 0 Å². The number of esters is 6. The van der Waals surface area contributed by atoms with E-state index in [1.807, 2.05) is 41.5 Å². The molecule has 24 heteroatoms. The SMILES string of the molecule is C=CC(=O)OCC(COC(=O)C=C)(COC(=O)C=C)COC(=O)NC1(C)CC(CNC(=O)OCCCCOC(=O)NCC2CC(C)(C)CC(C)(NC(=O)OCC(COC(=O)C=C)(COC(=O)C=C)COC(=O)C=C)C2)CC(C)(C)C1. The number of amides is 4. The second kappa shape index (κ2) is 32.4. The normalized spacial score (nSPS) is 19.9. The highest BCUT2D eigenvalue weighted by Gasteiger charge is 2.46. The van der Waals surface area contributed by atoms with Crippen LogP contribution in [0.5, 0.6) is 0 Å². The molecule has 2 fully saturated rings. The molecule has 0 heterocycles. The smallest absolute Gasteiger partial charge is 0.407 e. The van der Waals surface area contributed by atoms with Gasteiger partial charge < -0.3 is 68.6 Å². The van der Waals surface area contributed by atoms with Crippen molar-refractivity contribution >= 4 is 60.2 Å². The van der Waals surface area contributed by atoms with Gasteiger partial charge in [0.2, 0.25) is 0 Å². The van der Waals surface area contributed by atoms with E-state index in [1.54, 1.807) is 0 Å². The number of carbonyl (C=O) groups excluding carboxylic acids is 10. The van der Waals surface area contributed by atoms with Crippen molar-refractivity contribution in [3.63, 3.8) is 0 Å². The number of alkyl carbamates (subject to hydrolysis) is 4. The van der Waals surface area contributed by atoms with Crippen LogP contribution in [0.3, 0.4) is 0 Å². The Bertz CT molecular complexity index is 1990. The van der Waals surface area contributed by atoms with E-state index in [9.17, 15) is 47.9 Å². The summed E-state index contributed by atoms with van der Waals surface area (Å²) in [7, 11) is 0. The lowest BCUT2D eigenvalue weighted by atomic mass is 9.64. The van der Waals surface area contributed by atoms with Gasteiger partial charge in [-0.25, -0.2) is 47.9 Å². The van der Waals surface area contributed by atoms with Crippen molar-refractivity contribution in [3.05, 3.63) is 75.9 Å². The third-order valence-corrected chi connectivity index (χ3v) is 12.9. The molecule has 4 amide bonds. The maximum Gasteiger partial charge on any atom is 0.407 e. The average molecular weight is 1130 g/mol. The van der Waals surface area contributed by atoms with Gasteiger partial charge in [-0.2, -0.15) is 0 Å². The summed E-state index contributed by atoms with van der Waals surface area (Å²) in [4.78, 5) is 124. The highest BCUT2D eigenvalue weighted by molar-refractivity contribution is 5.83. The van der Waals surface area contributed by atoms with Gasteiger partial charge >= 0.3 is 60.2 Å². The lowest BCUT2D eigenvalue weighted by Crippen LogP contribution is -2.55. The van der Waals surface area contributed by atoms with Crippen LogP contribution in [0.2, 0.25) is 0 Å². The molecule has 0 aromatic carbocycles. The zero-order valence-corrected chi connectivity index (χ0v) is 47.2. The molecule has 0 aromatic rings. The van der Waals surface area contributed by atoms with Gasteiger partial charge in [-0.3, -0.25) is 0 Å². The molecule has 0 saturated heterocycles. The number of hydrogen-bond donors (Lipinski definition) is 4. The molecule has 0 aliphatic heterocycles. The Morgan fingerprint density at radius 1 is 0.388 bits per heavy atom. The maximum atomic E-state index is 13.4. The first-order chi connectivity index (χ1) is 37.5. The summed E-state index contributed by atoms with van der Waals surface area (Å²) in [5, 5.41) is 11.5. The van der Waals surface area contributed by atoms with E-state index in [-0.39, 0.29) is 49.0 Å². The number of ether oxygens (including phenoxy) is 10. The molecule has 2 aliphatic rings. The first kappa shape index (κ1) is 68.4. The lowest BCUT2D eigenvalue weighted by molar-refractivity contribution is -0.161. The second-order valence-corrected chi connectivity index (χ2v) is 22.4. The molecule has 2 aliphatic carbocycles. The molecule has 0 spiro atoms. The van der Waals surface area contributed by atoms with E-state index in [0.717, 1.165) is 36.5 Å². The van der Waals surface area contributed by atoms with Crippen LogP contribution < -0.4 is 21.3 Å². The molecule has 2 saturated carbocycles. The molecule has 4 unspecified atom stereocenters. The van der Waals surface area contributed by atoms with Crippen LogP contribution >= 0.6 is 0 Å². The summed E-state index contributed by atoms with van der Waals surface area (Å²) in [5.41, 5.74) is -5.23. The first-order valence-corrected chi connectivity index (χ1v) is 26.0. The van der Waals surface area contributed by atoms with Gasteiger partial charge in [0.05, 0.1) is 13.2 Å². The molecule has 80 heavy (non-hydrogen) atoms. The minimum Gasteiger partial charge on any atom is -0.462 e. The van der Waals surface area contributed by atoms with Crippen LogP contribution in [0.1, 0.15) is 92.9 Å². The van der Waals surface area contributed by atoms with Gasteiger partial charge in [-0.1, -0.05) is 67.2 Å². The van der Waals surface area contributed by atoms with Gasteiger partial charge in [0.15, 0.2) is 0 Å². The maximum absolute atomic E-state index is 13.4. The van der Waals surface area contributed by atoms with Crippen molar-refractivity contribution in [3.8, 4) is 0 Å². The quantitative estimate of drug-likeness (QED) is 0.0246. The molecule has 0 bridgehead atoms. The molecular weight excluding hydrogens is 1050 g/mol. The Kier molecular flexibility index (Phi) is 27.7. The summed E-state index contributed by atoms with van der Waals surface area (Å²) in [6.45, 7) is 28.6. The van der Waals surface area contributed by atoms with Crippen LogP contribution in [-0.4, -0.2) is 150 Å². The predicted octanol–water partition coefficient (Wildman–Crippen LogP) is 6.19. The van der Waals surface area contributed by atoms with Crippen molar-refractivity contribution in [1.82, 2.24) is 21.3 Å². The summed E-state index contributed by atoms with van der Waals surface area (Å²) in [6.07, 6.45) is 6.66. The Morgan fingerprint density at radius 2 is 0.637 bits per heavy atom. The molecule has 446 valence electrons. The summed E-state index contributed by atoms with van der Waals surface area (Å²) < 4.78 is 53.2. The second-order valence-electron chi connectivity index (χ2n) is 22.4. The molecule has 24 nitrogen and oxygen atoms in total. The van der Waals surface area contributed by atoms with Gasteiger partial charge in [-0.05, 0) is 87.9 Å². The topological polar surface area (TPSA) is 311 Å². The van der Waals surface area contributed by atoms with Crippen LogP contribution in [-0.2, 0) is 76.1 Å². The highest BCUT2D eigenvalue weighted by atomic mass is 16.6. The Hall–Kier alpha value is -7.66. The monoisotopic (exact) mass is 1130 g/mol. The molecule has 4 atom stereocenters. The fraction of sp³-hybridized carbons (Fsp3) is 0.607. The molecular formula is C56H82N4O20. The summed E-state index contributed by atoms with van der Waals surface area (Å²) in [6, 6.07) is 0. The van der Waals surface area contributed by atoms with Crippen LogP contribution in [0, 0.1) is 33.5 Å². The number of unbranched alkanes of at least 4 members (excludes halogenated alkanes) is 1. The van der Waals surface area contributed by atoms with Gasteiger partial charge in [0, 0.05) is 60.6 Å². The number of nitrogens with one attached hydrogen (secondary N) is 4. The van der Waals surface area contributed by atoms with Crippen molar-refractivity contribution in [2.45, 2.75) is 104 Å². The Balaban J connectivity index is 1.89. The zero-order valence-electron chi connectivity index (χ0n) is 47.2. The highest BCUT2D eigenvalue weighted by Crippen LogP contribution is 2.45. The molecule has 4 N–H and O–H groups in total. The average Bonchev–Trinajstić information content (AvgIpc) is 3.39. The number of rotatable bonds is 33. The zero-order chi connectivity index (χ0) is 60.2. The summed E-state index contributed by atoms with van der Waals surface area (Å²) in [5.74, 6) is -5.12. The van der Waals surface area contributed by atoms with E-state index in [2.05, 4.69) is 60.7 Å². The van der Waals surface area contributed by atoms with Gasteiger partial charge in [-0.15, -0.1) is 0 Å². The Labute approximate surface area is 468 Å². The van der Waals surface area contributed by atoms with E-state index < -0.39 is 135 Å². The molecule has 0 radical (unpaired) electrons. The minimum atomic E-state index is -1.52. The third kappa shape index (κ3) is 26.3. The van der Waals surface area contributed by atoms with Crippen molar-refractivity contribution in [2.75, 3.05) is 79.2 Å². The van der Waals surface area contributed by atoms with E-state index in [0.29, 0.717) is 51.4 Å². The fourth-order valence-electron chi connectivity index (χ4n) is 10.2.